The first-order chi connectivity index (χ1) is 7.84. The predicted molar refractivity (Wildman–Crippen MR) is 65.7 cm³/mol. The largest absolute Gasteiger partial charge is 0.399 e. The fourth-order valence-electron chi connectivity index (χ4n) is 1.34. The number of nitrogens with two attached hydrogens (primary N) is 2. The highest BCUT2D eigenvalue weighted by Crippen LogP contribution is 2.22. The zero-order valence-corrected chi connectivity index (χ0v) is 10.2. The molecule has 6 nitrogen and oxygen atoms in total. The lowest BCUT2D eigenvalue weighted by atomic mass is 10.2. The topological polar surface area (TPSA) is 113 Å². The normalized spacial score (nSPS) is 10.9. The zero-order valence-electron chi connectivity index (χ0n) is 9.42. The highest BCUT2D eigenvalue weighted by Gasteiger charge is 2.11. The summed E-state index contributed by atoms with van der Waals surface area (Å²) >= 11 is 0. The van der Waals surface area contributed by atoms with Crippen LogP contribution in [0.25, 0.3) is 0 Å². The first kappa shape index (κ1) is 13.3. The Bertz CT molecular complexity index is 548. The Labute approximate surface area is 100 Å². The number of anilines is 2. The molecular formula is C10H14N4O2S. The second-order valence-corrected chi connectivity index (χ2v) is 5.20. The molecule has 0 heterocycles. The lowest BCUT2D eigenvalue weighted by Gasteiger charge is -2.18. The maximum Gasteiger partial charge on any atom is 0.238 e. The van der Waals surface area contributed by atoms with E-state index in [4.69, 9.17) is 16.1 Å². The summed E-state index contributed by atoms with van der Waals surface area (Å²) < 4.78 is 22.5. The second kappa shape index (κ2) is 5.03. The van der Waals surface area contributed by atoms with Gasteiger partial charge in [0.25, 0.3) is 0 Å². The third-order valence-corrected chi connectivity index (χ3v) is 3.13. The zero-order chi connectivity index (χ0) is 13.1. The van der Waals surface area contributed by atoms with Gasteiger partial charge in [-0.3, -0.25) is 0 Å². The molecule has 0 spiro atoms. The van der Waals surface area contributed by atoms with E-state index in [0.717, 1.165) is 0 Å². The summed E-state index contributed by atoms with van der Waals surface area (Å²) in [5, 5.41) is 13.5. The summed E-state index contributed by atoms with van der Waals surface area (Å²) in [6.45, 7) is 0.490. The van der Waals surface area contributed by atoms with Crippen LogP contribution in [0.15, 0.2) is 23.1 Å². The van der Waals surface area contributed by atoms with Gasteiger partial charge in [0.1, 0.15) is 0 Å². The molecule has 0 bridgehead atoms. The van der Waals surface area contributed by atoms with Crippen molar-refractivity contribution >= 4 is 21.4 Å². The third kappa shape index (κ3) is 3.62. The van der Waals surface area contributed by atoms with E-state index < -0.39 is 10.0 Å². The van der Waals surface area contributed by atoms with E-state index in [-0.39, 0.29) is 4.90 Å². The lowest BCUT2D eigenvalue weighted by molar-refractivity contribution is 0.598. The Hall–Kier alpha value is -1.78. The van der Waals surface area contributed by atoms with Crippen LogP contribution in [0.5, 0.6) is 0 Å². The van der Waals surface area contributed by atoms with Crippen molar-refractivity contribution in [1.29, 1.82) is 5.26 Å². The summed E-state index contributed by atoms with van der Waals surface area (Å²) in [6.07, 6.45) is 0.343. The minimum Gasteiger partial charge on any atom is -0.399 e. The first-order valence-electron chi connectivity index (χ1n) is 4.86. The van der Waals surface area contributed by atoms with Gasteiger partial charge < -0.3 is 10.6 Å². The second-order valence-electron chi connectivity index (χ2n) is 3.63. The van der Waals surface area contributed by atoms with Crippen molar-refractivity contribution in [3.63, 3.8) is 0 Å². The van der Waals surface area contributed by atoms with E-state index in [1.54, 1.807) is 18.0 Å². The van der Waals surface area contributed by atoms with Crippen LogP contribution < -0.4 is 15.8 Å². The molecule has 0 aliphatic rings. The number of hydrogen-bond acceptors (Lipinski definition) is 5. The Balaban J connectivity index is 3.10. The third-order valence-electron chi connectivity index (χ3n) is 2.24. The molecule has 0 amide bonds. The average molecular weight is 254 g/mol. The molecule has 0 saturated carbocycles. The van der Waals surface area contributed by atoms with Gasteiger partial charge in [0.2, 0.25) is 10.0 Å². The monoisotopic (exact) mass is 254 g/mol. The number of nitrogens with zero attached hydrogens (tertiary/aromatic N) is 2. The van der Waals surface area contributed by atoms with Crippen LogP contribution in [0.1, 0.15) is 6.42 Å². The van der Waals surface area contributed by atoms with Gasteiger partial charge in [-0.15, -0.1) is 0 Å². The van der Waals surface area contributed by atoms with Crippen LogP contribution in [-0.2, 0) is 10.0 Å². The molecule has 4 N–H and O–H groups in total. The highest BCUT2D eigenvalue weighted by atomic mass is 32.2. The van der Waals surface area contributed by atoms with E-state index in [1.165, 1.54) is 12.1 Å². The molecule has 0 unspecified atom stereocenters. The molecule has 0 aliphatic carbocycles. The minimum atomic E-state index is -3.77. The lowest BCUT2D eigenvalue weighted by Crippen LogP contribution is -2.19. The fourth-order valence-corrected chi connectivity index (χ4v) is 1.92. The van der Waals surface area contributed by atoms with Crippen molar-refractivity contribution in [3.05, 3.63) is 18.2 Å². The van der Waals surface area contributed by atoms with Gasteiger partial charge in [0, 0.05) is 25.0 Å². The van der Waals surface area contributed by atoms with E-state index in [9.17, 15) is 8.42 Å². The molecule has 0 fully saturated rings. The van der Waals surface area contributed by atoms with Crippen molar-refractivity contribution in [2.24, 2.45) is 5.14 Å². The first-order valence-corrected chi connectivity index (χ1v) is 6.40. The number of benzene rings is 1. The SMILES string of the molecule is CN(CCC#N)c1cc(N)cc(S(N)(=O)=O)c1. The molecule has 1 rings (SSSR count). The number of rotatable bonds is 4. The number of primary sulfonamides is 1. The van der Waals surface area contributed by atoms with Gasteiger partial charge in [-0.2, -0.15) is 5.26 Å². The predicted octanol–water partition coefficient (Wildman–Crippen LogP) is 0.266. The number of nitrogen functional groups attached to an aromatic ring is 1. The van der Waals surface area contributed by atoms with Crippen LogP contribution in [0.3, 0.4) is 0 Å². The van der Waals surface area contributed by atoms with Gasteiger partial charge in [-0.1, -0.05) is 0 Å². The van der Waals surface area contributed by atoms with Gasteiger partial charge in [0.15, 0.2) is 0 Å². The summed E-state index contributed by atoms with van der Waals surface area (Å²) in [6, 6.07) is 6.38. The Kier molecular flexibility index (Phi) is 3.93. The molecule has 0 saturated heterocycles. The average Bonchev–Trinajstić information content (AvgIpc) is 2.23. The van der Waals surface area contributed by atoms with E-state index >= 15 is 0 Å². The molecule has 0 aromatic heterocycles. The Morgan fingerprint density at radius 1 is 1.41 bits per heavy atom. The molecule has 0 radical (unpaired) electrons. The van der Waals surface area contributed by atoms with Crippen molar-refractivity contribution < 1.29 is 8.42 Å². The quantitative estimate of drug-likeness (QED) is 0.748. The van der Waals surface area contributed by atoms with Crippen LogP contribution in [0.2, 0.25) is 0 Å². The maximum atomic E-state index is 11.2. The molecule has 0 atom stereocenters. The molecule has 92 valence electrons. The van der Waals surface area contributed by atoms with E-state index in [1.807, 2.05) is 6.07 Å². The number of hydrogen-bond donors (Lipinski definition) is 2. The molecule has 17 heavy (non-hydrogen) atoms. The maximum absolute atomic E-state index is 11.2. The number of sulfonamides is 1. The van der Waals surface area contributed by atoms with Crippen LogP contribution in [0.4, 0.5) is 11.4 Å². The Morgan fingerprint density at radius 2 is 2.06 bits per heavy atom. The van der Waals surface area contributed by atoms with Gasteiger partial charge in [-0.05, 0) is 18.2 Å². The molecular weight excluding hydrogens is 240 g/mol. The summed E-state index contributed by atoms with van der Waals surface area (Å²) in [4.78, 5) is 1.71. The Morgan fingerprint density at radius 3 is 2.59 bits per heavy atom. The minimum absolute atomic E-state index is 0.0312. The van der Waals surface area contributed by atoms with Gasteiger partial charge in [-0.25, -0.2) is 13.6 Å². The molecule has 7 heteroatoms. The summed E-state index contributed by atoms with van der Waals surface area (Å²) in [5.41, 5.74) is 6.54. The van der Waals surface area contributed by atoms with Crippen molar-refractivity contribution in [1.82, 2.24) is 0 Å². The smallest absolute Gasteiger partial charge is 0.238 e. The van der Waals surface area contributed by atoms with Crippen LogP contribution in [0, 0.1) is 11.3 Å². The molecule has 0 aliphatic heterocycles. The highest BCUT2D eigenvalue weighted by molar-refractivity contribution is 7.89. The van der Waals surface area contributed by atoms with E-state index in [2.05, 4.69) is 0 Å². The van der Waals surface area contributed by atoms with Crippen molar-refractivity contribution in [3.8, 4) is 6.07 Å². The van der Waals surface area contributed by atoms with Gasteiger partial charge in [0.05, 0.1) is 17.4 Å². The van der Waals surface area contributed by atoms with Crippen molar-refractivity contribution in [2.75, 3.05) is 24.2 Å². The van der Waals surface area contributed by atoms with Crippen LogP contribution in [-0.4, -0.2) is 22.0 Å². The van der Waals surface area contributed by atoms with Gasteiger partial charge >= 0.3 is 0 Å². The summed E-state index contributed by atoms with van der Waals surface area (Å²) in [7, 11) is -2.02. The fraction of sp³-hybridized carbons (Fsp3) is 0.300. The van der Waals surface area contributed by atoms with Crippen molar-refractivity contribution in [2.45, 2.75) is 11.3 Å². The standard InChI is InChI=1S/C10H14N4O2S/c1-14(4-2-3-11)9-5-8(12)6-10(7-9)17(13,15)16/h5-7H,2,4,12H2,1H3,(H2,13,15,16). The van der Waals surface area contributed by atoms with E-state index in [0.29, 0.717) is 24.3 Å². The molecule has 1 aromatic carbocycles. The van der Waals surface area contributed by atoms with Crippen LogP contribution >= 0.6 is 0 Å². The summed E-state index contributed by atoms with van der Waals surface area (Å²) in [5.74, 6) is 0. The number of nitriles is 1. The molecule has 1 aromatic rings.